The maximum absolute atomic E-state index is 9.65. The summed E-state index contributed by atoms with van der Waals surface area (Å²) >= 11 is 0. The lowest BCUT2D eigenvalue weighted by Gasteiger charge is -2.04. The lowest BCUT2D eigenvalue weighted by molar-refractivity contribution is 0.471. The number of aryl methyl sites for hydroxylation is 2. The van der Waals surface area contributed by atoms with E-state index in [1.807, 2.05) is 19.9 Å². The predicted octanol–water partition coefficient (Wildman–Crippen LogP) is 3.71. The van der Waals surface area contributed by atoms with Crippen molar-refractivity contribution in [2.75, 3.05) is 5.73 Å². The van der Waals surface area contributed by atoms with E-state index in [0.717, 1.165) is 11.1 Å². The van der Waals surface area contributed by atoms with Crippen molar-refractivity contribution in [3.8, 4) is 11.5 Å². The molecule has 0 heterocycles. The van der Waals surface area contributed by atoms with Crippen LogP contribution in [0.3, 0.4) is 0 Å². The summed E-state index contributed by atoms with van der Waals surface area (Å²) in [6.07, 6.45) is 0. The van der Waals surface area contributed by atoms with Crippen LogP contribution in [-0.2, 0) is 0 Å². The highest BCUT2D eigenvalue weighted by Gasteiger charge is 2.03. The predicted molar refractivity (Wildman–Crippen MR) is 74.3 cm³/mol. The third-order valence-electron chi connectivity index (χ3n) is 2.79. The van der Waals surface area contributed by atoms with E-state index in [9.17, 15) is 10.2 Å². The van der Waals surface area contributed by atoms with Crippen LogP contribution in [0.1, 0.15) is 11.1 Å². The van der Waals surface area contributed by atoms with Crippen LogP contribution in [0.15, 0.2) is 40.6 Å². The first kappa shape index (κ1) is 12.9. The molecule has 98 valence electrons. The number of phenols is 2. The van der Waals surface area contributed by atoms with Gasteiger partial charge in [0.25, 0.3) is 0 Å². The lowest BCUT2D eigenvalue weighted by Crippen LogP contribution is -1.84. The van der Waals surface area contributed by atoms with Crippen molar-refractivity contribution >= 4 is 17.1 Å². The van der Waals surface area contributed by atoms with Crippen LogP contribution in [0, 0.1) is 13.8 Å². The smallest absolute Gasteiger partial charge is 0.120 e. The van der Waals surface area contributed by atoms with E-state index >= 15 is 0 Å². The molecule has 0 unspecified atom stereocenters. The second-order valence-corrected chi connectivity index (χ2v) is 4.37. The fourth-order valence-electron chi connectivity index (χ4n) is 1.68. The molecule has 0 aliphatic rings. The van der Waals surface area contributed by atoms with Crippen LogP contribution in [0.25, 0.3) is 0 Å². The molecule has 0 radical (unpaired) electrons. The molecule has 0 aromatic heterocycles. The van der Waals surface area contributed by atoms with E-state index in [1.54, 1.807) is 12.1 Å². The fourth-order valence-corrected chi connectivity index (χ4v) is 1.68. The van der Waals surface area contributed by atoms with Gasteiger partial charge in [-0.3, -0.25) is 0 Å². The number of phenolic OH excluding ortho intramolecular Hbond substituents is 2. The van der Waals surface area contributed by atoms with Crippen LogP contribution < -0.4 is 5.73 Å². The maximum Gasteiger partial charge on any atom is 0.120 e. The Morgan fingerprint density at radius 2 is 1.58 bits per heavy atom. The number of hydrogen-bond donors (Lipinski definition) is 3. The summed E-state index contributed by atoms with van der Waals surface area (Å²) in [4.78, 5) is 0. The van der Waals surface area contributed by atoms with E-state index < -0.39 is 0 Å². The minimum Gasteiger partial charge on any atom is -0.508 e. The number of nitrogens with zero attached hydrogens (tertiary/aromatic N) is 2. The third-order valence-corrected chi connectivity index (χ3v) is 2.79. The zero-order valence-corrected chi connectivity index (χ0v) is 10.8. The molecule has 0 atom stereocenters. The van der Waals surface area contributed by atoms with E-state index in [1.165, 1.54) is 12.1 Å². The number of nitrogens with two attached hydrogens (primary N) is 1. The van der Waals surface area contributed by atoms with Crippen molar-refractivity contribution in [1.29, 1.82) is 0 Å². The molecule has 0 amide bonds. The largest absolute Gasteiger partial charge is 0.508 e. The molecule has 0 saturated heterocycles. The Hall–Kier alpha value is -2.56. The first-order chi connectivity index (χ1) is 8.97. The van der Waals surface area contributed by atoms with Gasteiger partial charge in [0.2, 0.25) is 0 Å². The highest BCUT2D eigenvalue weighted by molar-refractivity contribution is 5.64. The van der Waals surface area contributed by atoms with Gasteiger partial charge in [-0.15, -0.1) is 5.11 Å². The molecule has 2 aromatic carbocycles. The average Bonchev–Trinajstić information content (AvgIpc) is 2.34. The zero-order valence-electron chi connectivity index (χ0n) is 10.8. The maximum atomic E-state index is 9.65. The van der Waals surface area contributed by atoms with E-state index in [-0.39, 0.29) is 11.5 Å². The molecule has 2 aromatic rings. The number of anilines is 1. The second kappa shape index (κ2) is 4.97. The number of hydrogen-bond acceptors (Lipinski definition) is 5. The Balaban J connectivity index is 2.35. The van der Waals surface area contributed by atoms with Gasteiger partial charge in [0.15, 0.2) is 0 Å². The average molecular weight is 257 g/mol. The van der Waals surface area contributed by atoms with Crippen LogP contribution in [0.4, 0.5) is 17.1 Å². The van der Waals surface area contributed by atoms with Gasteiger partial charge in [-0.2, -0.15) is 5.11 Å². The Morgan fingerprint density at radius 3 is 2.26 bits per heavy atom. The summed E-state index contributed by atoms with van der Waals surface area (Å²) in [6, 6.07) is 7.88. The van der Waals surface area contributed by atoms with Crippen molar-refractivity contribution in [2.24, 2.45) is 10.2 Å². The zero-order chi connectivity index (χ0) is 14.0. The van der Waals surface area contributed by atoms with E-state index in [4.69, 9.17) is 5.73 Å². The molecule has 19 heavy (non-hydrogen) atoms. The number of nitrogen functional groups attached to an aromatic ring is 1. The molecule has 5 heteroatoms. The van der Waals surface area contributed by atoms with Gasteiger partial charge in [-0.1, -0.05) is 6.07 Å². The third kappa shape index (κ3) is 2.82. The molecule has 0 bridgehead atoms. The van der Waals surface area contributed by atoms with Gasteiger partial charge in [0.05, 0.1) is 11.4 Å². The molecule has 0 saturated carbocycles. The molecule has 0 aliphatic carbocycles. The summed E-state index contributed by atoms with van der Waals surface area (Å²) in [5.74, 6) is 0.263. The topological polar surface area (TPSA) is 91.2 Å². The molecule has 0 spiro atoms. The first-order valence-corrected chi connectivity index (χ1v) is 5.78. The molecular weight excluding hydrogens is 242 g/mol. The molecule has 0 fully saturated rings. The lowest BCUT2D eigenvalue weighted by atomic mass is 10.1. The standard InChI is InChI=1S/C14H15N3O2/c1-8-5-9(2)14(19)7-13(8)17-16-12-4-3-10(18)6-11(12)15/h3-7,18-19H,15H2,1-2H3. The summed E-state index contributed by atoms with van der Waals surface area (Å²) in [5, 5.41) is 27.0. The van der Waals surface area contributed by atoms with Crippen molar-refractivity contribution in [3.63, 3.8) is 0 Å². The first-order valence-electron chi connectivity index (χ1n) is 5.78. The second-order valence-electron chi connectivity index (χ2n) is 4.37. The summed E-state index contributed by atoms with van der Waals surface area (Å²) in [5.41, 5.74) is 8.81. The van der Waals surface area contributed by atoms with Crippen molar-refractivity contribution in [2.45, 2.75) is 13.8 Å². The van der Waals surface area contributed by atoms with Gasteiger partial charge in [-0.25, -0.2) is 0 Å². The van der Waals surface area contributed by atoms with Crippen LogP contribution in [0.5, 0.6) is 11.5 Å². The minimum absolute atomic E-state index is 0.0839. The molecule has 2 rings (SSSR count). The normalized spacial score (nSPS) is 11.1. The van der Waals surface area contributed by atoms with Crippen LogP contribution in [0.2, 0.25) is 0 Å². The fraction of sp³-hybridized carbons (Fsp3) is 0.143. The molecule has 5 nitrogen and oxygen atoms in total. The van der Waals surface area contributed by atoms with Gasteiger partial charge in [-0.05, 0) is 37.1 Å². The van der Waals surface area contributed by atoms with Gasteiger partial charge in [0, 0.05) is 12.1 Å². The van der Waals surface area contributed by atoms with Crippen LogP contribution in [-0.4, -0.2) is 10.2 Å². The van der Waals surface area contributed by atoms with E-state index in [2.05, 4.69) is 10.2 Å². The Labute approximate surface area is 111 Å². The monoisotopic (exact) mass is 257 g/mol. The van der Waals surface area contributed by atoms with Gasteiger partial charge in [0.1, 0.15) is 17.2 Å². The number of azo groups is 1. The SMILES string of the molecule is Cc1cc(C)c(N=Nc2ccc(O)cc2N)cc1O. The number of aromatic hydroxyl groups is 2. The van der Waals surface area contributed by atoms with Crippen molar-refractivity contribution in [1.82, 2.24) is 0 Å². The summed E-state index contributed by atoms with van der Waals surface area (Å²) in [7, 11) is 0. The minimum atomic E-state index is 0.0839. The summed E-state index contributed by atoms with van der Waals surface area (Å²) in [6.45, 7) is 3.71. The van der Waals surface area contributed by atoms with Gasteiger partial charge < -0.3 is 15.9 Å². The Kier molecular flexibility index (Phi) is 3.37. The molecule has 4 N–H and O–H groups in total. The molecule has 0 aliphatic heterocycles. The highest BCUT2D eigenvalue weighted by Crippen LogP contribution is 2.31. The van der Waals surface area contributed by atoms with Crippen molar-refractivity contribution in [3.05, 3.63) is 41.5 Å². The van der Waals surface area contributed by atoms with Crippen molar-refractivity contribution < 1.29 is 10.2 Å². The Morgan fingerprint density at radius 1 is 0.895 bits per heavy atom. The van der Waals surface area contributed by atoms with E-state index in [0.29, 0.717) is 17.1 Å². The quantitative estimate of drug-likeness (QED) is 0.565. The molecular formula is C14H15N3O2. The number of rotatable bonds is 2. The van der Waals surface area contributed by atoms with Crippen LogP contribution >= 0.6 is 0 Å². The Bertz CT molecular complexity index is 651. The summed E-state index contributed by atoms with van der Waals surface area (Å²) < 4.78 is 0. The number of benzene rings is 2. The highest BCUT2D eigenvalue weighted by atomic mass is 16.3. The van der Waals surface area contributed by atoms with Gasteiger partial charge >= 0.3 is 0 Å².